The molecule has 0 amide bonds. The minimum Gasteiger partial charge on any atom is -0.437 e. The summed E-state index contributed by atoms with van der Waals surface area (Å²) >= 11 is 0. The molecule has 1 aromatic carbocycles. The Morgan fingerprint density at radius 1 is 0.947 bits per heavy atom. The van der Waals surface area contributed by atoms with Gasteiger partial charge in [-0.1, -0.05) is 32.9 Å². The van der Waals surface area contributed by atoms with Crippen LogP contribution in [0.15, 0.2) is 28.7 Å². The summed E-state index contributed by atoms with van der Waals surface area (Å²) < 4.78 is 5.99. The number of aromatic nitrogens is 1. The highest BCUT2D eigenvalue weighted by Crippen LogP contribution is 2.35. The van der Waals surface area contributed by atoms with E-state index in [1.807, 2.05) is 13.0 Å². The molecule has 0 fully saturated rings. The molecule has 2 nitrogen and oxygen atoms in total. The van der Waals surface area contributed by atoms with Crippen molar-refractivity contribution in [3.8, 4) is 0 Å². The molecule has 2 aromatic heterocycles. The SMILES string of the molecule is Cc1ccc2c(n1)oc1c(C)c(C(C)(C)C)ccc12. The summed E-state index contributed by atoms with van der Waals surface area (Å²) in [5.41, 5.74) is 5.38. The van der Waals surface area contributed by atoms with E-state index in [4.69, 9.17) is 4.42 Å². The Bertz CT molecular complexity index is 775. The van der Waals surface area contributed by atoms with E-state index in [9.17, 15) is 0 Å². The maximum Gasteiger partial charge on any atom is 0.227 e. The van der Waals surface area contributed by atoms with Gasteiger partial charge in [0, 0.05) is 16.5 Å². The van der Waals surface area contributed by atoms with Gasteiger partial charge >= 0.3 is 0 Å². The van der Waals surface area contributed by atoms with Gasteiger partial charge in [-0.2, -0.15) is 0 Å². The summed E-state index contributed by atoms with van der Waals surface area (Å²) in [6.07, 6.45) is 0. The first-order valence-corrected chi connectivity index (χ1v) is 6.68. The van der Waals surface area contributed by atoms with Crippen molar-refractivity contribution < 1.29 is 4.42 Å². The molecule has 0 unspecified atom stereocenters. The lowest BCUT2D eigenvalue weighted by molar-refractivity contribution is 0.582. The fraction of sp³-hybridized carbons (Fsp3) is 0.353. The van der Waals surface area contributed by atoms with E-state index < -0.39 is 0 Å². The van der Waals surface area contributed by atoms with Crippen molar-refractivity contribution in [3.05, 3.63) is 41.1 Å². The molecule has 19 heavy (non-hydrogen) atoms. The molecule has 3 aromatic rings. The molecule has 0 aliphatic carbocycles. The molecule has 0 bridgehead atoms. The van der Waals surface area contributed by atoms with Crippen LogP contribution in [0.2, 0.25) is 0 Å². The molecule has 0 N–H and O–H groups in total. The predicted molar refractivity (Wildman–Crippen MR) is 79.7 cm³/mol. The molecule has 0 saturated carbocycles. The van der Waals surface area contributed by atoms with Gasteiger partial charge in [0.15, 0.2) is 0 Å². The van der Waals surface area contributed by atoms with Crippen LogP contribution in [0.5, 0.6) is 0 Å². The number of pyridine rings is 1. The number of hydrogen-bond acceptors (Lipinski definition) is 2. The Labute approximate surface area is 113 Å². The zero-order valence-corrected chi connectivity index (χ0v) is 12.2. The smallest absolute Gasteiger partial charge is 0.227 e. The number of benzene rings is 1. The minimum absolute atomic E-state index is 0.126. The summed E-state index contributed by atoms with van der Waals surface area (Å²) in [6.45, 7) is 10.8. The van der Waals surface area contributed by atoms with Crippen molar-refractivity contribution >= 4 is 22.1 Å². The van der Waals surface area contributed by atoms with Crippen molar-refractivity contribution in [1.29, 1.82) is 0 Å². The Hall–Kier alpha value is -1.83. The average Bonchev–Trinajstić information content (AvgIpc) is 2.66. The third-order valence-electron chi connectivity index (χ3n) is 3.70. The van der Waals surface area contributed by atoms with Gasteiger partial charge in [-0.05, 0) is 42.5 Å². The highest BCUT2D eigenvalue weighted by Gasteiger charge is 2.20. The largest absolute Gasteiger partial charge is 0.437 e. The maximum absolute atomic E-state index is 5.99. The Morgan fingerprint density at radius 2 is 1.63 bits per heavy atom. The van der Waals surface area contributed by atoms with E-state index in [2.05, 4.69) is 50.9 Å². The Morgan fingerprint density at radius 3 is 2.32 bits per heavy atom. The molecular formula is C17H19NO. The third kappa shape index (κ3) is 1.83. The van der Waals surface area contributed by atoms with Crippen molar-refractivity contribution in [2.24, 2.45) is 0 Å². The summed E-state index contributed by atoms with van der Waals surface area (Å²) in [6, 6.07) is 8.50. The van der Waals surface area contributed by atoms with Gasteiger partial charge in [0.1, 0.15) is 5.58 Å². The number of rotatable bonds is 0. The van der Waals surface area contributed by atoms with Crippen LogP contribution in [0.25, 0.3) is 22.1 Å². The fourth-order valence-corrected chi connectivity index (χ4v) is 2.76. The third-order valence-corrected chi connectivity index (χ3v) is 3.70. The monoisotopic (exact) mass is 253 g/mol. The van der Waals surface area contributed by atoms with Gasteiger partial charge in [0.05, 0.1) is 0 Å². The highest BCUT2D eigenvalue weighted by atomic mass is 16.3. The first kappa shape index (κ1) is 12.2. The van der Waals surface area contributed by atoms with Gasteiger partial charge in [0.25, 0.3) is 0 Å². The molecule has 2 heterocycles. The average molecular weight is 253 g/mol. The van der Waals surface area contributed by atoms with E-state index in [1.165, 1.54) is 11.1 Å². The number of furan rings is 1. The Balaban J connectivity index is 2.41. The quantitative estimate of drug-likeness (QED) is 0.569. The van der Waals surface area contributed by atoms with E-state index >= 15 is 0 Å². The van der Waals surface area contributed by atoms with Crippen LogP contribution in [0.1, 0.15) is 37.6 Å². The van der Waals surface area contributed by atoms with Gasteiger partial charge in [-0.3, -0.25) is 0 Å². The van der Waals surface area contributed by atoms with Crippen molar-refractivity contribution in [1.82, 2.24) is 4.98 Å². The predicted octanol–water partition coefficient (Wildman–Crippen LogP) is 4.90. The van der Waals surface area contributed by atoms with Crippen LogP contribution >= 0.6 is 0 Å². The lowest BCUT2D eigenvalue weighted by Gasteiger charge is -2.21. The number of hydrogen-bond donors (Lipinski definition) is 0. The second-order valence-electron chi connectivity index (χ2n) is 6.27. The van der Waals surface area contributed by atoms with Crippen LogP contribution in [0, 0.1) is 13.8 Å². The second-order valence-corrected chi connectivity index (χ2v) is 6.27. The molecule has 0 aliphatic heterocycles. The van der Waals surface area contributed by atoms with Crippen LogP contribution in [0.4, 0.5) is 0 Å². The molecular weight excluding hydrogens is 234 g/mol. The number of nitrogens with zero attached hydrogens (tertiary/aromatic N) is 1. The van der Waals surface area contributed by atoms with E-state index in [0.717, 1.165) is 27.8 Å². The first-order valence-electron chi connectivity index (χ1n) is 6.68. The highest BCUT2D eigenvalue weighted by molar-refractivity contribution is 6.04. The van der Waals surface area contributed by atoms with E-state index in [0.29, 0.717) is 0 Å². The zero-order valence-electron chi connectivity index (χ0n) is 12.2. The molecule has 0 aliphatic rings. The topological polar surface area (TPSA) is 26.0 Å². The summed E-state index contributed by atoms with van der Waals surface area (Å²) in [4.78, 5) is 4.48. The summed E-state index contributed by atoms with van der Waals surface area (Å²) in [7, 11) is 0. The van der Waals surface area contributed by atoms with Crippen molar-refractivity contribution in [2.45, 2.75) is 40.0 Å². The van der Waals surface area contributed by atoms with Crippen LogP contribution in [-0.4, -0.2) is 4.98 Å². The second kappa shape index (κ2) is 3.83. The van der Waals surface area contributed by atoms with Crippen LogP contribution in [-0.2, 0) is 5.41 Å². The summed E-state index contributed by atoms with van der Waals surface area (Å²) in [5, 5.41) is 2.26. The number of aryl methyl sites for hydroxylation is 2. The lowest BCUT2D eigenvalue weighted by Crippen LogP contribution is -2.12. The standard InChI is InChI=1S/C17H19NO/c1-10-6-7-13-12-8-9-14(17(3,4)5)11(2)15(12)19-16(13)18-10/h6-9H,1-5H3. The van der Waals surface area contributed by atoms with E-state index in [1.54, 1.807) is 0 Å². The van der Waals surface area contributed by atoms with Gasteiger partial charge in [-0.15, -0.1) is 0 Å². The maximum atomic E-state index is 5.99. The Kier molecular flexibility index (Phi) is 2.46. The van der Waals surface area contributed by atoms with Gasteiger partial charge in [-0.25, -0.2) is 4.98 Å². The molecule has 0 radical (unpaired) electrons. The minimum atomic E-state index is 0.126. The van der Waals surface area contributed by atoms with E-state index in [-0.39, 0.29) is 5.41 Å². The molecule has 0 spiro atoms. The first-order chi connectivity index (χ1) is 8.88. The molecule has 3 rings (SSSR count). The van der Waals surface area contributed by atoms with Crippen LogP contribution < -0.4 is 0 Å². The summed E-state index contributed by atoms with van der Waals surface area (Å²) in [5.74, 6) is 0. The molecule has 0 saturated heterocycles. The lowest BCUT2D eigenvalue weighted by atomic mass is 9.83. The molecule has 0 atom stereocenters. The van der Waals surface area contributed by atoms with Crippen LogP contribution in [0.3, 0.4) is 0 Å². The normalized spacial score (nSPS) is 12.5. The van der Waals surface area contributed by atoms with Gasteiger partial charge in [0.2, 0.25) is 5.71 Å². The number of fused-ring (bicyclic) bond motifs is 3. The fourth-order valence-electron chi connectivity index (χ4n) is 2.76. The zero-order chi connectivity index (χ0) is 13.8. The molecule has 98 valence electrons. The van der Waals surface area contributed by atoms with Gasteiger partial charge < -0.3 is 4.42 Å². The molecule has 2 heteroatoms. The van der Waals surface area contributed by atoms with Crippen molar-refractivity contribution in [3.63, 3.8) is 0 Å². The van der Waals surface area contributed by atoms with Crippen molar-refractivity contribution in [2.75, 3.05) is 0 Å².